The quantitative estimate of drug-likeness (QED) is 0.578. The number of hydrogen-bond acceptors (Lipinski definition) is 5. The Hall–Kier alpha value is -0.970. The molecule has 0 radical (unpaired) electrons. The van der Waals surface area contributed by atoms with E-state index in [0.29, 0.717) is 5.92 Å². The highest BCUT2D eigenvalue weighted by molar-refractivity contribution is 7.98. The number of hydrogen-bond donors (Lipinski definition) is 2. The highest BCUT2D eigenvalue weighted by Crippen LogP contribution is 2.17. The van der Waals surface area contributed by atoms with E-state index in [1.165, 1.54) is 6.42 Å². The Morgan fingerprint density at radius 3 is 2.41 bits per heavy atom. The van der Waals surface area contributed by atoms with Crippen molar-refractivity contribution in [2.24, 2.45) is 5.92 Å². The molecule has 96 valence electrons. The maximum atomic E-state index is 4.44. The summed E-state index contributed by atoms with van der Waals surface area (Å²) < 4.78 is 0. The van der Waals surface area contributed by atoms with Crippen LogP contribution in [0.4, 0.5) is 11.6 Å². The SMILES string of the molecule is CCNc1cc(NCC(C)CC)nc(SC)n1. The molecule has 0 fully saturated rings. The Morgan fingerprint density at radius 2 is 1.88 bits per heavy atom. The molecule has 1 atom stereocenters. The van der Waals surface area contributed by atoms with Crippen molar-refractivity contribution in [3.05, 3.63) is 6.07 Å². The molecule has 1 heterocycles. The standard InChI is InChI=1S/C12H22N4S/c1-5-9(3)8-14-11-7-10(13-6-2)15-12(16-11)17-4/h7,9H,5-6,8H2,1-4H3,(H2,13,14,15,16). The monoisotopic (exact) mass is 254 g/mol. The fourth-order valence-electron chi connectivity index (χ4n) is 1.30. The number of rotatable bonds is 7. The second-order valence-electron chi connectivity index (χ2n) is 4.05. The summed E-state index contributed by atoms with van der Waals surface area (Å²) >= 11 is 1.56. The minimum absolute atomic E-state index is 0.658. The Bertz CT molecular complexity index is 343. The van der Waals surface area contributed by atoms with Crippen LogP contribution >= 0.6 is 11.8 Å². The van der Waals surface area contributed by atoms with Crippen molar-refractivity contribution in [1.82, 2.24) is 9.97 Å². The van der Waals surface area contributed by atoms with Crippen molar-refractivity contribution >= 4 is 23.4 Å². The molecular weight excluding hydrogens is 232 g/mol. The number of anilines is 2. The van der Waals surface area contributed by atoms with Gasteiger partial charge >= 0.3 is 0 Å². The van der Waals surface area contributed by atoms with Crippen LogP contribution in [0, 0.1) is 5.92 Å². The molecule has 0 spiro atoms. The van der Waals surface area contributed by atoms with Gasteiger partial charge in [0.2, 0.25) is 0 Å². The van der Waals surface area contributed by atoms with Gasteiger partial charge in [0.15, 0.2) is 5.16 Å². The molecule has 17 heavy (non-hydrogen) atoms. The van der Waals surface area contributed by atoms with Crippen molar-refractivity contribution in [1.29, 1.82) is 0 Å². The van der Waals surface area contributed by atoms with E-state index in [0.717, 1.165) is 29.9 Å². The summed E-state index contributed by atoms with van der Waals surface area (Å²) in [5.74, 6) is 2.45. The van der Waals surface area contributed by atoms with E-state index < -0.39 is 0 Å². The molecule has 0 aliphatic heterocycles. The smallest absolute Gasteiger partial charge is 0.191 e. The summed E-state index contributed by atoms with van der Waals surface area (Å²) in [6, 6.07) is 1.96. The second-order valence-corrected chi connectivity index (χ2v) is 4.82. The lowest BCUT2D eigenvalue weighted by molar-refractivity contribution is 0.592. The summed E-state index contributed by atoms with van der Waals surface area (Å²) in [7, 11) is 0. The Balaban J connectivity index is 2.72. The van der Waals surface area contributed by atoms with Gasteiger partial charge < -0.3 is 10.6 Å². The fourth-order valence-corrected chi connectivity index (χ4v) is 1.68. The van der Waals surface area contributed by atoms with Crippen LogP contribution in [0.15, 0.2) is 11.2 Å². The van der Waals surface area contributed by atoms with E-state index in [1.54, 1.807) is 11.8 Å². The zero-order valence-electron chi connectivity index (χ0n) is 11.1. The molecule has 0 aliphatic carbocycles. The first kappa shape index (κ1) is 14.1. The van der Waals surface area contributed by atoms with Gasteiger partial charge in [-0.1, -0.05) is 32.0 Å². The van der Waals surface area contributed by atoms with E-state index >= 15 is 0 Å². The summed E-state index contributed by atoms with van der Waals surface area (Å²) in [6.07, 6.45) is 3.16. The van der Waals surface area contributed by atoms with Crippen molar-refractivity contribution in [3.63, 3.8) is 0 Å². The van der Waals surface area contributed by atoms with Crippen LogP contribution in [-0.4, -0.2) is 29.3 Å². The Morgan fingerprint density at radius 1 is 1.24 bits per heavy atom. The van der Waals surface area contributed by atoms with Gasteiger partial charge in [0, 0.05) is 19.2 Å². The van der Waals surface area contributed by atoms with E-state index in [2.05, 4.69) is 41.4 Å². The average Bonchev–Trinajstić information content (AvgIpc) is 2.36. The molecule has 5 heteroatoms. The number of aromatic nitrogens is 2. The second kappa shape index (κ2) is 7.37. The molecule has 0 aromatic carbocycles. The predicted octanol–water partition coefficient (Wildman–Crippen LogP) is 3.09. The third kappa shape index (κ3) is 4.81. The van der Waals surface area contributed by atoms with Crippen LogP contribution in [-0.2, 0) is 0 Å². The first-order valence-electron chi connectivity index (χ1n) is 6.10. The molecule has 0 saturated carbocycles. The van der Waals surface area contributed by atoms with Crippen LogP contribution in [0.1, 0.15) is 27.2 Å². The fraction of sp³-hybridized carbons (Fsp3) is 0.667. The van der Waals surface area contributed by atoms with Crippen molar-refractivity contribution < 1.29 is 0 Å². The molecule has 1 aromatic rings. The maximum absolute atomic E-state index is 4.44. The first-order valence-corrected chi connectivity index (χ1v) is 7.32. The minimum atomic E-state index is 0.658. The van der Waals surface area contributed by atoms with E-state index in [1.807, 2.05) is 12.3 Å². The summed E-state index contributed by atoms with van der Waals surface area (Å²) in [4.78, 5) is 8.83. The van der Waals surface area contributed by atoms with Crippen LogP contribution in [0.5, 0.6) is 0 Å². The third-order valence-electron chi connectivity index (χ3n) is 2.57. The molecule has 1 rings (SSSR count). The van der Waals surface area contributed by atoms with Gasteiger partial charge in [0.1, 0.15) is 11.6 Å². The van der Waals surface area contributed by atoms with Gasteiger partial charge in [-0.15, -0.1) is 0 Å². The first-order chi connectivity index (χ1) is 8.19. The molecule has 2 N–H and O–H groups in total. The largest absolute Gasteiger partial charge is 0.370 e. The van der Waals surface area contributed by atoms with Gasteiger partial charge in [-0.2, -0.15) is 0 Å². The van der Waals surface area contributed by atoms with Gasteiger partial charge in [-0.05, 0) is 19.1 Å². The lowest BCUT2D eigenvalue weighted by atomic mass is 10.1. The van der Waals surface area contributed by atoms with Crippen LogP contribution in [0.3, 0.4) is 0 Å². The summed E-state index contributed by atoms with van der Waals surface area (Å²) in [6.45, 7) is 8.31. The topological polar surface area (TPSA) is 49.8 Å². The molecule has 0 saturated heterocycles. The normalized spacial score (nSPS) is 12.2. The van der Waals surface area contributed by atoms with E-state index in [-0.39, 0.29) is 0 Å². The zero-order chi connectivity index (χ0) is 12.7. The molecule has 1 unspecified atom stereocenters. The number of nitrogens with one attached hydrogen (secondary N) is 2. The third-order valence-corrected chi connectivity index (χ3v) is 3.12. The molecule has 4 nitrogen and oxygen atoms in total. The number of thioether (sulfide) groups is 1. The van der Waals surface area contributed by atoms with E-state index in [9.17, 15) is 0 Å². The average molecular weight is 254 g/mol. The molecule has 0 amide bonds. The highest BCUT2D eigenvalue weighted by atomic mass is 32.2. The Labute approximate surface area is 108 Å². The lowest BCUT2D eigenvalue weighted by Crippen LogP contribution is -2.12. The van der Waals surface area contributed by atoms with Gasteiger partial charge in [-0.25, -0.2) is 9.97 Å². The van der Waals surface area contributed by atoms with Gasteiger partial charge in [0.25, 0.3) is 0 Å². The maximum Gasteiger partial charge on any atom is 0.191 e. The Kier molecular flexibility index (Phi) is 6.11. The summed E-state index contributed by atoms with van der Waals surface area (Å²) in [5.41, 5.74) is 0. The molecular formula is C12H22N4S. The summed E-state index contributed by atoms with van der Waals surface area (Å²) in [5, 5.41) is 7.39. The number of nitrogens with zero attached hydrogens (tertiary/aromatic N) is 2. The van der Waals surface area contributed by atoms with Gasteiger partial charge in [-0.3, -0.25) is 0 Å². The van der Waals surface area contributed by atoms with E-state index in [4.69, 9.17) is 0 Å². The van der Waals surface area contributed by atoms with Gasteiger partial charge in [0.05, 0.1) is 0 Å². The molecule has 0 bridgehead atoms. The van der Waals surface area contributed by atoms with Crippen molar-refractivity contribution in [2.45, 2.75) is 32.3 Å². The minimum Gasteiger partial charge on any atom is -0.370 e. The van der Waals surface area contributed by atoms with Crippen molar-refractivity contribution in [2.75, 3.05) is 30.0 Å². The van der Waals surface area contributed by atoms with Crippen LogP contribution < -0.4 is 10.6 Å². The van der Waals surface area contributed by atoms with Crippen LogP contribution in [0.25, 0.3) is 0 Å². The zero-order valence-corrected chi connectivity index (χ0v) is 11.9. The van der Waals surface area contributed by atoms with Crippen molar-refractivity contribution in [3.8, 4) is 0 Å². The highest BCUT2D eigenvalue weighted by Gasteiger charge is 2.04. The molecule has 1 aromatic heterocycles. The lowest BCUT2D eigenvalue weighted by Gasteiger charge is -2.12. The molecule has 0 aliphatic rings. The van der Waals surface area contributed by atoms with Crippen LogP contribution in [0.2, 0.25) is 0 Å². The predicted molar refractivity (Wildman–Crippen MR) is 75.9 cm³/mol.